The topological polar surface area (TPSA) is 92.7 Å². The minimum absolute atomic E-state index is 0.0129. The predicted molar refractivity (Wildman–Crippen MR) is 124 cm³/mol. The van der Waals surface area contributed by atoms with E-state index in [-0.39, 0.29) is 16.7 Å². The monoisotopic (exact) mass is 465 g/mol. The summed E-state index contributed by atoms with van der Waals surface area (Å²) in [5.74, 6) is 1.75. The third-order valence-electron chi connectivity index (χ3n) is 9.66. The Balaban J connectivity index is 1.64. The van der Waals surface area contributed by atoms with Crippen LogP contribution in [0, 0.1) is 34.0 Å². The van der Waals surface area contributed by atoms with Crippen molar-refractivity contribution in [2.24, 2.45) is 34.0 Å². The highest BCUT2D eigenvalue weighted by molar-refractivity contribution is 7.81. The fourth-order valence-electron chi connectivity index (χ4n) is 8.28. The maximum atomic E-state index is 11.6. The molecule has 5 unspecified atom stereocenters. The number of fused-ring (bicyclic) bond motifs is 3. The third-order valence-corrected chi connectivity index (χ3v) is 10.00. The molecule has 32 heavy (non-hydrogen) atoms. The molecule has 5 atom stereocenters. The van der Waals surface area contributed by atoms with Gasteiger partial charge < -0.3 is 9.50 Å². The van der Waals surface area contributed by atoms with E-state index in [9.17, 15) is 13.2 Å². The van der Waals surface area contributed by atoms with Crippen molar-refractivity contribution in [1.29, 1.82) is 0 Å². The van der Waals surface area contributed by atoms with Gasteiger partial charge in [0, 0.05) is 12.6 Å². The Morgan fingerprint density at radius 2 is 1.94 bits per heavy atom. The highest BCUT2D eigenvalue weighted by Crippen LogP contribution is 2.70. The minimum Gasteiger partial charge on any atom is -0.370 e. The Morgan fingerprint density at radius 3 is 2.59 bits per heavy atom. The molecule has 0 bridgehead atoms. The van der Waals surface area contributed by atoms with Gasteiger partial charge in [0.05, 0.1) is 0 Å². The van der Waals surface area contributed by atoms with Crippen molar-refractivity contribution < 1.29 is 21.9 Å². The zero-order chi connectivity index (χ0) is 23.4. The molecule has 6 nitrogen and oxygen atoms in total. The normalized spacial score (nSPS) is 40.3. The quantitative estimate of drug-likeness (QED) is 0.431. The SMILES string of the molecule is CC1(C)CCCC2(C)C1CC(CCC1=CC(=O)NC1)C1(C)CC(=COS(=O)(=O)O)CCC12. The molecule has 3 aliphatic carbocycles. The summed E-state index contributed by atoms with van der Waals surface area (Å²) >= 11 is 0. The molecule has 0 saturated heterocycles. The van der Waals surface area contributed by atoms with Crippen molar-refractivity contribution in [3.63, 3.8) is 0 Å². The first-order chi connectivity index (χ1) is 14.8. The number of carbonyl (C=O) groups excluding carboxylic acids is 1. The summed E-state index contributed by atoms with van der Waals surface area (Å²) in [6.45, 7) is 10.5. The molecule has 7 heteroatoms. The molecule has 4 rings (SSSR count). The van der Waals surface area contributed by atoms with Crippen molar-refractivity contribution in [1.82, 2.24) is 5.32 Å². The second-order valence-corrected chi connectivity index (χ2v) is 13.0. The van der Waals surface area contributed by atoms with Crippen molar-refractivity contribution >= 4 is 16.3 Å². The van der Waals surface area contributed by atoms with Gasteiger partial charge in [0.25, 0.3) is 0 Å². The molecule has 3 fully saturated rings. The summed E-state index contributed by atoms with van der Waals surface area (Å²) in [6, 6.07) is 0. The smallest absolute Gasteiger partial charge is 0.370 e. The number of hydrogen-bond donors (Lipinski definition) is 2. The lowest BCUT2D eigenvalue weighted by Gasteiger charge is -2.66. The molecule has 0 radical (unpaired) electrons. The highest BCUT2D eigenvalue weighted by Gasteiger charge is 2.61. The molecule has 0 aromatic heterocycles. The van der Waals surface area contributed by atoms with Crippen LogP contribution in [0.15, 0.2) is 23.5 Å². The number of amides is 1. The second-order valence-electron chi connectivity index (χ2n) is 12.0. The first-order valence-electron chi connectivity index (χ1n) is 12.1. The highest BCUT2D eigenvalue weighted by atomic mass is 32.3. The van der Waals surface area contributed by atoms with Crippen LogP contribution >= 0.6 is 0 Å². The Kier molecular flexibility index (Phi) is 6.07. The average molecular weight is 466 g/mol. The van der Waals surface area contributed by atoms with E-state index in [0.717, 1.165) is 37.7 Å². The van der Waals surface area contributed by atoms with Crippen LogP contribution in [-0.2, 0) is 19.4 Å². The van der Waals surface area contributed by atoms with Gasteiger partial charge >= 0.3 is 10.4 Å². The van der Waals surface area contributed by atoms with Crippen molar-refractivity contribution in [3.05, 3.63) is 23.5 Å². The number of rotatable bonds is 5. The average Bonchev–Trinajstić information content (AvgIpc) is 3.09. The number of nitrogens with one attached hydrogen (secondary N) is 1. The number of carbonyl (C=O) groups is 1. The van der Waals surface area contributed by atoms with Gasteiger partial charge in [0.1, 0.15) is 6.26 Å². The summed E-state index contributed by atoms with van der Waals surface area (Å²) in [7, 11) is -4.48. The van der Waals surface area contributed by atoms with Gasteiger partial charge in [0.15, 0.2) is 0 Å². The molecular formula is C25H39NO5S. The summed E-state index contributed by atoms with van der Waals surface area (Å²) < 4.78 is 36.0. The zero-order valence-electron chi connectivity index (χ0n) is 19.9. The maximum Gasteiger partial charge on any atom is 0.445 e. The molecule has 1 amide bonds. The minimum atomic E-state index is -4.48. The molecule has 0 aromatic rings. The first-order valence-corrected chi connectivity index (χ1v) is 13.5. The van der Waals surface area contributed by atoms with Crippen LogP contribution in [-0.4, -0.2) is 25.4 Å². The van der Waals surface area contributed by atoms with Gasteiger partial charge in [-0.05, 0) is 96.5 Å². The second kappa shape index (κ2) is 8.15. The summed E-state index contributed by atoms with van der Waals surface area (Å²) in [5.41, 5.74) is 2.81. The number of allylic oxidation sites excluding steroid dienone is 1. The fraction of sp³-hybridized carbons (Fsp3) is 0.800. The Bertz CT molecular complexity index is 936. The fourth-order valence-corrected chi connectivity index (χ4v) is 8.54. The van der Waals surface area contributed by atoms with Crippen LogP contribution in [0.5, 0.6) is 0 Å². The molecule has 0 spiro atoms. The van der Waals surface area contributed by atoms with E-state index < -0.39 is 10.4 Å². The van der Waals surface area contributed by atoms with E-state index in [4.69, 9.17) is 4.55 Å². The molecule has 1 aliphatic heterocycles. The van der Waals surface area contributed by atoms with E-state index in [2.05, 4.69) is 37.2 Å². The molecule has 1 heterocycles. The van der Waals surface area contributed by atoms with E-state index in [1.807, 2.05) is 0 Å². The van der Waals surface area contributed by atoms with Gasteiger partial charge in [-0.15, -0.1) is 0 Å². The van der Waals surface area contributed by atoms with E-state index in [1.165, 1.54) is 37.5 Å². The maximum absolute atomic E-state index is 11.6. The molecule has 0 aromatic carbocycles. The van der Waals surface area contributed by atoms with Crippen LogP contribution in [0.4, 0.5) is 0 Å². The lowest BCUT2D eigenvalue weighted by Crippen LogP contribution is -2.59. The Hall–Kier alpha value is -1.34. The zero-order valence-corrected chi connectivity index (χ0v) is 20.8. The van der Waals surface area contributed by atoms with Crippen LogP contribution < -0.4 is 5.32 Å². The van der Waals surface area contributed by atoms with Crippen molar-refractivity contribution in [3.8, 4) is 0 Å². The summed E-state index contributed by atoms with van der Waals surface area (Å²) in [4.78, 5) is 11.6. The van der Waals surface area contributed by atoms with Crippen LogP contribution in [0.25, 0.3) is 0 Å². The Morgan fingerprint density at radius 1 is 1.19 bits per heavy atom. The lowest BCUT2D eigenvalue weighted by atomic mass is 9.38. The molecule has 180 valence electrons. The Labute approximate surface area is 193 Å². The van der Waals surface area contributed by atoms with Gasteiger partial charge in [-0.2, -0.15) is 8.42 Å². The lowest BCUT2D eigenvalue weighted by molar-refractivity contribution is -0.167. The van der Waals surface area contributed by atoms with Gasteiger partial charge in [-0.25, -0.2) is 0 Å². The molecular weight excluding hydrogens is 426 g/mol. The van der Waals surface area contributed by atoms with Crippen LogP contribution in [0.2, 0.25) is 0 Å². The third kappa shape index (κ3) is 4.39. The summed E-state index contributed by atoms with van der Waals surface area (Å²) in [5, 5.41) is 2.89. The van der Waals surface area contributed by atoms with E-state index in [0.29, 0.717) is 29.7 Å². The molecule has 3 saturated carbocycles. The van der Waals surface area contributed by atoms with Gasteiger partial charge in [-0.3, -0.25) is 9.35 Å². The summed E-state index contributed by atoms with van der Waals surface area (Å²) in [6.07, 6.45) is 12.6. The largest absolute Gasteiger partial charge is 0.445 e. The molecule has 4 aliphatic rings. The van der Waals surface area contributed by atoms with Gasteiger partial charge in [0.2, 0.25) is 5.91 Å². The van der Waals surface area contributed by atoms with E-state index >= 15 is 0 Å². The van der Waals surface area contributed by atoms with E-state index in [1.54, 1.807) is 6.08 Å². The van der Waals surface area contributed by atoms with Gasteiger partial charge in [-0.1, -0.05) is 34.1 Å². The predicted octanol–water partition coefficient (Wildman–Crippen LogP) is 5.19. The van der Waals surface area contributed by atoms with Crippen LogP contribution in [0.3, 0.4) is 0 Å². The number of hydrogen-bond acceptors (Lipinski definition) is 4. The molecule has 2 N–H and O–H groups in total. The van der Waals surface area contributed by atoms with Crippen LogP contribution in [0.1, 0.15) is 85.5 Å². The first kappa shape index (κ1) is 23.8. The van der Waals surface area contributed by atoms with Crippen molar-refractivity contribution in [2.75, 3.05) is 6.54 Å². The standard InChI is InChI=1S/C25H39NO5S/c1-23(2)10-5-11-24(3)20-9-7-18(16-31-32(28,29)30)14-25(20,4)19(13-21(23)24)8-6-17-12-22(27)26-15-17/h12,16,19-21H,5-11,13-15H2,1-4H3,(H,26,27)(H,28,29,30). The van der Waals surface area contributed by atoms with Crippen molar-refractivity contribution in [2.45, 2.75) is 85.5 Å².